The summed E-state index contributed by atoms with van der Waals surface area (Å²) in [6.07, 6.45) is -0.965. The van der Waals surface area contributed by atoms with E-state index in [4.69, 9.17) is 5.11 Å². The minimum Gasteiger partial charge on any atom is -0.406 e. The standard InChI is InChI=1S/C14H13F3N4O2/c15-14(16,17)23-9-2-3-11-10(8-9)20-12(18-4-1-7-22)13-19-5-6-21(11)13/h2-3,5-6,8,22H,1,4,7H2,(H,18,20). The Balaban J connectivity index is 2.06. The Bertz CT molecular complexity index is 832. The van der Waals surface area contributed by atoms with Gasteiger partial charge in [0, 0.05) is 31.6 Å². The summed E-state index contributed by atoms with van der Waals surface area (Å²) in [5, 5.41) is 11.8. The fraction of sp³-hybridized carbons (Fsp3) is 0.286. The maximum absolute atomic E-state index is 12.3. The van der Waals surface area contributed by atoms with Crippen molar-refractivity contribution in [2.45, 2.75) is 12.8 Å². The lowest BCUT2D eigenvalue weighted by Crippen LogP contribution is -2.17. The van der Waals surface area contributed by atoms with Gasteiger partial charge in [-0.2, -0.15) is 0 Å². The summed E-state index contributed by atoms with van der Waals surface area (Å²) in [7, 11) is 0. The number of halogens is 3. The number of ether oxygens (including phenoxy) is 1. The van der Waals surface area contributed by atoms with Crippen LogP contribution in [0.5, 0.6) is 5.75 Å². The number of nitrogens with one attached hydrogen (secondary N) is 1. The smallest absolute Gasteiger partial charge is 0.406 e. The molecule has 0 unspecified atom stereocenters. The molecule has 0 saturated heterocycles. The summed E-state index contributed by atoms with van der Waals surface area (Å²) in [5.74, 6) is 0.0957. The molecule has 0 atom stereocenters. The molecular formula is C14H13F3N4O2. The van der Waals surface area contributed by atoms with Gasteiger partial charge in [0.25, 0.3) is 0 Å². The third-order valence-electron chi connectivity index (χ3n) is 3.15. The lowest BCUT2D eigenvalue weighted by atomic mass is 10.2. The van der Waals surface area contributed by atoms with Crippen molar-refractivity contribution in [2.24, 2.45) is 0 Å². The Morgan fingerprint density at radius 1 is 1.30 bits per heavy atom. The molecule has 6 nitrogen and oxygen atoms in total. The minimum absolute atomic E-state index is 0.0227. The Labute approximate surface area is 128 Å². The molecule has 0 aliphatic rings. The molecule has 2 N–H and O–H groups in total. The molecule has 0 amide bonds. The van der Waals surface area contributed by atoms with Gasteiger partial charge in [0.1, 0.15) is 5.75 Å². The van der Waals surface area contributed by atoms with E-state index in [1.165, 1.54) is 18.2 Å². The van der Waals surface area contributed by atoms with Crippen LogP contribution in [0.15, 0.2) is 30.6 Å². The zero-order valence-corrected chi connectivity index (χ0v) is 11.8. The summed E-state index contributed by atoms with van der Waals surface area (Å²) in [4.78, 5) is 8.51. The average Bonchev–Trinajstić information content (AvgIpc) is 2.95. The van der Waals surface area contributed by atoms with Crippen LogP contribution in [0.3, 0.4) is 0 Å². The quantitative estimate of drug-likeness (QED) is 0.705. The molecule has 2 aromatic heterocycles. The van der Waals surface area contributed by atoms with Gasteiger partial charge in [-0.15, -0.1) is 13.2 Å². The van der Waals surface area contributed by atoms with Crippen LogP contribution in [0.1, 0.15) is 6.42 Å². The van der Waals surface area contributed by atoms with Crippen LogP contribution in [-0.2, 0) is 0 Å². The van der Waals surface area contributed by atoms with Gasteiger partial charge in [-0.25, -0.2) is 9.97 Å². The first-order chi connectivity index (χ1) is 11.0. The van der Waals surface area contributed by atoms with E-state index in [1.54, 1.807) is 16.8 Å². The molecule has 0 bridgehead atoms. The molecule has 0 saturated carbocycles. The number of aromatic nitrogens is 3. The number of rotatable bonds is 5. The monoisotopic (exact) mass is 326 g/mol. The van der Waals surface area contributed by atoms with Crippen LogP contribution in [0.25, 0.3) is 16.7 Å². The summed E-state index contributed by atoms with van der Waals surface area (Å²) in [6.45, 7) is 0.491. The van der Waals surface area contributed by atoms with Crippen molar-refractivity contribution in [3.05, 3.63) is 30.6 Å². The van der Waals surface area contributed by atoms with E-state index in [2.05, 4.69) is 20.0 Å². The molecule has 122 valence electrons. The number of benzene rings is 1. The second-order valence-electron chi connectivity index (χ2n) is 4.78. The van der Waals surface area contributed by atoms with Crippen LogP contribution in [-0.4, -0.2) is 39.0 Å². The van der Waals surface area contributed by atoms with Gasteiger partial charge in [0.2, 0.25) is 0 Å². The lowest BCUT2D eigenvalue weighted by Gasteiger charge is -2.12. The molecule has 0 spiro atoms. The minimum atomic E-state index is -4.75. The molecule has 0 aliphatic heterocycles. The van der Waals surface area contributed by atoms with Gasteiger partial charge in [0.05, 0.1) is 11.0 Å². The zero-order valence-electron chi connectivity index (χ0n) is 11.8. The number of aliphatic hydroxyl groups excluding tert-OH is 1. The summed E-state index contributed by atoms with van der Waals surface area (Å²) < 4.78 is 42.7. The maximum atomic E-state index is 12.3. The second-order valence-corrected chi connectivity index (χ2v) is 4.78. The molecule has 0 radical (unpaired) electrons. The highest BCUT2D eigenvalue weighted by atomic mass is 19.4. The number of fused-ring (bicyclic) bond motifs is 3. The molecule has 9 heteroatoms. The van der Waals surface area contributed by atoms with Crippen molar-refractivity contribution >= 4 is 22.5 Å². The summed E-state index contributed by atoms with van der Waals surface area (Å²) in [5.41, 5.74) is 1.50. The van der Waals surface area contributed by atoms with Gasteiger partial charge in [0.15, 0.2) is 11.5 Å². The van der Waals surface area contributed by atoms with Crippen molar-refractivity contribution < 1.29 is 23.0 Å². The van der Waals surface area contributed by atoms with Crippen molar-refractivity contribution in [1.82, 2.24) is 14.4 Å². The predicted octanol–water partition coefficient (Wildman–Crippen LogP) is 2.58. The maximum Gasteiger partial charge on any atom is 0.573 e. The molecule has 0 fully saturated rings. The van der Waals surface area contributed by atoms with Gasteiger partial charge in [-0.1, -0.05) is 0 Å². The molecule has 1 aromatic carbocycles. The Kier molecular flexibility index (Phi) is 3.95. The van der Waals surface area contributed by atoms with E-state index in [1.807, 2.05) is 0 Å². The number of nitrogens with zero attached hydrogens (tertiary/aromatic N) is 3. The van der Waals surface area contributed by atoms with Crippen molar-refractivity contribution in [3.63, 3.8) is 0 Å². The van der Waals surface area contributed by atoms with Gasteiger partial charge >= 0.3 is 6.36 Å². The third-order valence-corrected chi connectivity index (χ3v) is 3.15. The summed E-state index contributed by atoms with van der Waals surface area (Å²) in [6, 6.07) is 3.95. The normalized spacial score (nSPS) is 12.0. The predicted molar refractivity (Wildman–Crippen MR) is 77.4 cm³/mol. The topological polar surface area (TPSA) is 71.7 Å². The van der Waals surface area contributed by atoms with Crippen molar-refractivity contribution in [3.8, 4) is 5.75 Å². The molecule has 2 heterocycles. The number of hydrogen-bond acceptors (Lipinski definition) is 5. The van der Waals surface area contributed by atoms with Gasteiger partial charge in [-0.05, 0) is 18.6 Å². The van der Waals surface area contributed by atoms with E-state index in [0.717, 1.165) is 0 Å². The first-order valence-corrected chi connectivity index (χ1v) is 6.85. The molecule has 23 heavy (non-hydrogen) atoms. The number of alkyl halides is 3. The highest BCUT2D eigenvalue weighted by molar-refractivity contribution is 5.83. The van der Waals surface area contributed by atoms with E-state index >= 15 is 0 Å². The Hall–Kier alpha value is -2.55. The number of imidazole rings is 1. The zero-order chi connectivity index (χ0) is 16.4. The van der Waals surface area contributed by atoms with Crippen LogP contribution >= 0.6 is 0 Å². The number of hydrogen-bond donors (Lipinski definition) is 2. The van der Waals surface area contributed by atoms with E-state index in [9.17, 15) is 13.2 Å². The van der Waals surface area contributed by atoms with E-state index in [0.29, 0.717) is 35.5 Å². The summed E-state index contributed by atoms with van der Waals surface area (Å²) >= 11 is 0. The van der Waals surface area contributed by atoms with E-state index in [-0.39, 0.29) is 12.4 Å². The van der Waals surface area contributed by atoms with Gasteiger partial charge < -0.3 is 15.2 Å². The lowest BCUT2D eigenvalue weighted by molar-refractivity contribution is -0.274. The first-order valence-electron chi connectivity index (χ1n) is 6.85. The van der Waals surface area contributed by atoms with Crippen LogP contribution in [0, 0.1) is 0 Å². The highest BCUT2D eigenvalue weighted by Gasteiger charge is 2.31. The van der Waals surface area contributed by atoms with Crippen LogP contribution < -0.4 is 10.1 Å². The van der Waals surface area contributed by atoms with Crippen LogP contribution in [0.4, 0.5) is 19.0 Å². The highest BCUT2D eigenvalue weighted by Crippen LogP contribution is 2.27. The van der Waals surface area contributed by atoms with Crippen molar-refractivity contribution in [1.29, 1.82) is 0 Å². The first kappa shape index (κ1) is 15.3. The molecule has 3 aromatic rings. The van der Waals surface area contributed by atoms with Crippen molar-refractivity contribution in [2.75, 3.05) is 18.5 Å². The molecular weight excluding hydrogens is 313 g/mol. The average molecular weight is 326 g/mol. The molecule has 0 aliphatic carbocycles. The Morgan fingerprint density at radius 2 is 2.13 bits per heavy atom. The van der Waals surface area contributed by atoms with Gasteiger partial charge in [-0.3, -0.25) is 4.40 Å². The largest absolute Gasteiger partial charge is 0.573 e. The molecule has 3 rings (SSSR count). The fourth-order valence-electron chi connectivity index (χ4n) is 2.24. The van der Waals surface area contributed by atoms with Crippen LogP contribution in [0.2, 0.25) is 0 Å². The number of aliphatic hydroxyl groups is 1. The third kappa shape index (κ3) is 3.29. The number of anilines is 1. The fourth-order valence-corrected chi connectivity index (χ4v) is 2.24. The second kappa shape index (κ2) is 5.92. The SMILES string of the molecule is OCCCNc1nc2cc(OC(F)(F)F)ccc2n2ccnc12. The Morgan fingerprint density at radius 3 is 2.87 bits per heavy atom. The van der Waals surface area contributed by atoms with E-state index < -0.39 is 6.36 Å².